The van der Waals surface area contributed by atoms with Gasteiger partial charge in [0.1, 0.15) is 0 Å². The number of carbonyl (C=O) groups excluding carboxylic acids is 1. The minimum absolute atomic E-state index is 0.116. The van der Waals surface area contributed by atoms with Gasteiger partial charge in [0.2, 0.25) is 5.91 Å². The normalized spacial score (nSPS) is 17.6. The van der Waals surface area contributed by atoms with Gasteiger partial charge in [-0.25, -0.2) is 4.98 Å². The summed E-state index contributed by atoms with van der Waals surface area (Å²) in [6.45, 7) is 4.90. The molecule has 1 saturated heterocycles. The van der Waals surface area contributed by atoms with E-state index < -0.39 is 5.60 Å². The van der Waals surface area contributed by atoms with Gasteiger partial charge in [0, 0.05) is 11.1 Å². The third-order valence-corrected chi connectivity index (χ3v) is 4.90. The predicted molar refractivity (Wildman–Crippen MR) is 74.8 cm³/mol. The van der Waals surface area contributed by atoms with E-state index in [-0.39, 0.29) is 5.91 Å². The molecule has 0 bridgehead atoms. The van der Waals surface area contributed by atoms with E-state index >= 15 is 0 Å². The second-order valence-electron chi connectivity index (χ2n) is 4.68. The number of carbonyl (C=O) groups is 1. The molecule has 1 aromatic heterocycles. The van der Waals surface area contributed by atoms with Crippen LogP contribution in [0.1, 0.15) is 24.0 Å². The maximum Gasteiger partial charge on any atom is 0.232 e. The first-order valence-corrected chi connectivity index (χ1v) is 8.05. The molecule has 1 N–H and O–H groups in total. The summed E-state index contributed by atoms with van der Waals surface area (Å²) in [7, 11) is 0. The van der Waals surface area contributed by atoms with Gasteiger partial charge < -0.3 is 10.0 Å². The quantitative estimate of drug-likeness (QED) is 0.894. The van der Waals surface area contributed by atoms with E-state index in [1.165, 1.54) is 0 Å². The van der Waals surface area contributed by atoms with Gasteiger partial charge in [0.25, 0.3) is 0 Å². The fourth-order valence-corrected chi connectivity index (χ4v) is 3.41. The van der Waals surface area contributed by atoms with Crippen molar-refractivity contribution in [3.8, 4) is 0 Å². The third-order valence-electron chi connectivity index (χ3n) is 3.12. The number of rotatable bonds is 5. The van der Waals surface area contributed by atoms with E-state index in [1.54, 1.807) is 28.0 Å². The molecule has 18 heavy (non-hydrogen) atoms. The summed E-state index contributed by atoms with van der Waals surface area (Å²) in [6, 6.07) is 0. The topological polar surface area (TPSA) is 53.4 Å². The molecule has 1 amide bonds. The van der Waals surface area contributed by atoms with Crippen molar-refractivity contribution >= 4 is 29.0 Å². The van der Waals surface area contributed by atoms with Gasteiger partial charge in [0.15, 0.2) is 0 Å². The Hall–Kier alpha value is -0.590. The van der Waals surface area contributed by atoms with Crippen molar-refractivity contribution in [2.24, 2.45) is 0 Å². The van der Waals surface area contributed by atoms with Gasteiger partial charge >= 0.3 is 0 Å². The fraction of sp³-hybridized carbons (Fsp3) is 0.667. The van der Waals surface area contributed by atoms with Crippen LogP contribution in [-0.4, -0.2) is 45.3 Å². The summed E-state index contributed by atoms with van der Waals surface area (Å²) in [5.41, 5.74) is 0.413. The zero-order valence-corrected chi connectivity index (χ0v) is 12.3. The minimum Gasteiger partial charge on any atom is -0.386 e. The maximum absolute atomic E-state index is 11.8. The zero-order chi connectivity index (χ0) is 13.2. The number of hydrogen-bond acceptors (Lipinski definition) is 5. The molecule has 0 aromatic carbocycles. The number of thioether (sulfide) groups is 1. The van der Waals surface area contributed by atoms with Gasteiger partial charge in [-0.1, -0.05) is 6.92 Å². The first kappa shape index (κ1) is 13.8. The number of hydrogen-bond donors (Lipinski definition) is 1. The SMILES string of the molecule is CCC1(O)CN(C(=O)CSCc2csc(C)n2)C1. The predicted octanol–water partition coefficient (Wildman–Crippen LogP) is 1.67. The lowest BCUT2D eigenvalue weighted by Crippen LogP contribution is -2.63. The molecule has 0 unspecified atom stereocenters. The number of aryl methyl sites for hydroxylation is 1. The summed E-state index contributed by atoms with van der Waals surface area (Å²) >= 11 is 3.22. The molecule has 100 valence electrons. The molecule has 1 aliphatic rings. The van der Waals surface area contributed by atoms with Crippen LogP contribution >= 0.6 is 23.1 Å². The van der Waals surface area contributed by atoms with Crippen LogP contribution in [0.25, 0.3) is 0 Å². The minimum atomic E-state index is -0.633. The summed E-state index contributed by atoms with van der Waals surface area (Å²) in [4.78, 5) is 17.9. The smallest absolute Gasteiger partial charge is 0.232 e. The zero-order valence-electron chi connectivity index (χ0n) is 10.7. The number of likely N-dealkylation sites (tertiary alicyclic amines) is 1. The maximum atomic E-state index is 11.8. The fourth-order valence-electron chi connectivity index (χ4n) is 1.87. The molecule has 4 nitrogen and oxygen atoms in total. The summed E-state index contributed by atoms with van der Waals surface area (Å²) in [5.74, 6) is 1.36. The van der Waals surface area contributed by atoms with Crippen molar-refractivity contribution in [3.63, 3.8) is 0 Å². The molecule has 0 spiro atoms. The number of β-amino-alcohol motifs (C(OH)–C–C–N with tert-alkyl or cyclic N) is 1. The monoisotopic (exact) mass is 286 g/mol. The molecule has 0 atom stereocenters. The highest BCUT2D eigenvalue weighted by atomic mass is 32.2. The first-order valence-electron chi connectivity index (χ1n) is 6.01. The second-order valence-corrected chi connectivity index (χ2v) is 6.73. The number of nitrogens with zero attached hydrogens (tertiary/aromatic N) is 2. The molecule has 1 fully saturated rings. The van der Waals surface area contributed by atoms with E-state index in [1.807, 2.05) is 19.2 Å². The number of amides is 1. The van der Waals surface area contributed by atoms with Crippen molar-refractivity contribution in [1.82, 2.24) is 9.88 Å². The van der Waals surface area contributed by atoms with Crippen LogP contribution in [0.2, 0.25) is 0 Å². The molecular weight excluding hydrogens is 268 g/mol. The Labute approximate surface area is 115 Å². The number of thiazole rings is 1. The number of aliphatic hydroxyl groups is 1. The average molecular weight is 286 g/mol. The molecule has 1 aromatic rings. The van der Waals surface area contributed by atoms with Gasteiger partial charge in [-0.3, -0.25) is 4.79 Å². The van der Waals surface area contributed by atoms with Crippen LogP contribution in [0.15, 0.2) is 5.38 Å². The highest BCUT2D eigenvalue weighted by Crippen LogP contribution is 2.25. The van der Waals surface area contributed by atoms with Gasteiger partial charge in [0.05, 0.1) is 35.1 Å². The van der Waals surface area contributed by atoms with Crippen molar-refractivity contribution in [2.75, 3.05) is 18.8 Å². The van der Waals surface area contributed by atoms with E-state index in [2.05, 4.69) is 4.98 Å². The highest BCUT2D eigenvalue weighted by Gasteiger charge is 2.41. The molecule has 1 aliphatic heterocycles. The van der Waals surface area contributed by atoms with E-state index in [9.17, 15) is 9.90 Å². The van der Waals surface area contributed by atoms with Crippen LogP contribution in [-0.2, 0) is 10.5 Å². The van der Waals surface area contributed by atoms with E-state index in [0.717, 1.165) is 16.5 Å². The van der Waals surface area contributed by atoms with E-state index in [0.29, 0.717) is 25.3 Å². The van der Waals surface area contributed by atoms with Gasteiger partial charge in [-0.15, -0.1) is 23.1 Å². The van der Waals surface area contributed by atoms with Gasteiger partial charge in [-0.05, 0) is 13.3 Å². The average Bonchev–Trinajstić information content (AvgIpc) is 2.70. The van der Waals surface area contributed by atoms with Crippen LogP contribution in [0.3, 0.4) is 0 Å². The summed E-state index contributed by atoms with van der Waals surface area (Å²) in [5, 5.41) is 12.9. The van der Waals surface area contributed by atoms with E-state index in [4.69, 9.17) is 0 Å². The summed E-state index contributed by atoms with van der Waals surface area (Å²) < 4.78 is 0. The standard InChI is InChI=1S/C12H18N2O2S2/c1-3-12(16)7-14(8-12)11(15)6-17-4-10-5-18-9(2)13-10/h5,16H,3-4,6-8H2,1-2H3. The third kappa shape index (κ3) is 3.24. The lowest BCUT2D eigenvalue weighted by atomic mass is 9.91. The Bertz CT molecular complexity index is 427. The lowest BCUT2D eigenvalue weighted by Gasteiger charge is -2.46. The molecule has 2 heterocycles. The Morgan fingerprint density at radius 1 is 1.67 bits per heavy atom. The molecule has 0 radical (unpaired) electrons. The largest absolute Gasteiger partial charge is 0.386 e. The molecule has 6 heteroatoms. The lowest BCUT2D eigenvalue weighted by molar-refractivity contribution is -0.152. The summed E-state index contributed by atoms with van der Waals surface area (Å²) in [6.07, 6.45) is 0.710. The molecule has 2 rings (SSSR count). The van der Waals surface area contributed by atoms with Crippen LogP contribution in [0.4, 0.5) is 0 Å². The second kappa shape index (κ2) is 5.59. The molecule has 0 saturated carbocycles. The van der Waals surface area contributed by atoms with Crippen molar-refractivity contribution in [1.29, 1.82) is 0 Å². The number of aromatic nitrogens is 1. The van der Waals surface area contributed by atoms with Crippen molar-refractivity contribution in [2.45, 2.75) is 31.6 Å². The van der Waals surface area contributed by atoms with Crippen molar-refractivity contribution in [3.05, 3.63) is 16.1 Å². The molecule has 0 aliphatic carbocycles. The van der Waals surface area contributed by atoms with Crippen molar-refractivity contribution < 1.29 is 9.90 Å². The van der Waals surface area contributed by atoms with Gasteiger partial charge in [-0.2, -0.15) is 0 Å². The Morgan fingerprint density at radius 2 is 2.39 bits per heavy atom. The Balaban J connectivity index is 1.67. The molecular formula is C12H18N2O2S2. The van der Waals surface area contributed by atoms with Crippen LogP contribution in [0.5, 0.6) is 0 Å². The highest BCUT2D eigenvalue weighted by molar-refractivity contribution is 7.99. The Kier molecular flexibility index (Phi) is 4.29. The Morgan fingerprint density at radius 3 is 2.94 bits per heavy atom. The first-order chi connectivity index (χ1) is 8.52. The van der Waals surface area contributed by atoms with Crippen LogP contribution in [0, 0.1) is 6.92 Å². The van der Waals surface area contributed by atoms with Crippen LogP contribution < -0.4 is 0 Å².